The Morgan fingerprint density at radius 2 is 1.60 bits per heavy atom. The van der Waals surface area contributed by atoms with Crippen molar-refractivity contribution >= 4 is 9.84 Å². The van der Waals surface area contributed by atoms with E-state index in [-0.39, 0.29) is 11.3 Å². The molecule has 0 aromatic heterocycles. The smallest absolute Gasteiger partial charge is 0.152 e. The average molecular weight is 305 g/mol. The number of nitrogens with two attached hydrogens (primary N) is 1. The first-order valence-corrected chi connectivity index (χ1v) is 9.68. The van der Waals surface area contributed by atoms with Gasteiger partial charge in [0.15, 0.2) is 9.84 Å². The Kier molecular flexibility index (Phi) is 6.48. The average Bonchev–Trinajstić information content (AvgIpc) is 2.65. The van der Waals surface area contributed by atoms with Crippen molar-refractivity contribution in [2.75, 3.05) is 31.1 Å². The summed E-state index contributed by atoms with van der Waals surface area (Å²) in [6.45, 7) is 11.2. The first kappa shape index (κ1) is 17.9. The van der Waals surface area contributed by atoms with Crippen LogP contribution in [0.15, 0.2) is 0 Å². The maximum absolute atomic E-state index is 11.9. The molecule has 5 heteroatoms. The van der Waals surface area contributed by atoms with Crippen LogP contribution in [0.4, 0.5) is 0 Å². The summed E-state index contributed by atoms with van der Waals surface area (Å²) in [6.07, 6.45) is 2.89. The molecule has 1 aliphatic heterocycles. The monoisotopic (exact) mass is 304 g/mol. The van der Waals surface area contributed by atoms with Gasteiger partial charge in [-0.05, 0) is 44.2 Å². The predicted octanol–water partition coefficient (Wildman–Crippen LogP) is 1.90. The zero-order valence-corrected chi connectivity index (χ0v) is 14.4. The minimum atomic E-state index is -2.91. The highest BCUT2D eigenvalue weighted by Gasteiger charge is 2.45. The molecule has 0 spiro atoms. The highest BCUT2D eigenvalue weighted by molar-refractivity contribution is 7.91. The largest absolute Gasteiger partial charge is 0.329 e. The zero-order chi connectivity index (χ0) is 15.4. The van der Waals surface area contributed by atoms with Gasteiger partial charge in [-0.25, -0.2) is 8.42 Å². The lowest BCUT2D eigenvalue weighted by atomic mass is 9.94. The third kappa shape index (κ3) is 5.01. The molecule has 0 aromatic carbocycles. The maximum atomic E-state index is 11.9. The van der Waals surface area contributed by atoms with Crippen molar-refractivity contribution in [2.45, 2.75) is 52.5 Å². The van der Waals surface area contributed by atoms with Crippen LogP contribution in [0, 0.1) is 11.8 Å². The van der Waals surface area contributed by atoms with Crippen LogP contribution in [0.3, 0.4) is 0 Å². The Hall–Kier alpha value is -0.130. The Balaban J connectivity index is 2.82. The molecule has 1 atom stereocenters. The van der Waals surface area contributed by atoms with E-state index in [2.05, 4.69) is 32.6 Å². The molecule has 1 aliphatic rings. The van der Waals surface area contributed by atoms with E-state index < -0.39 is 9.84 Å². The van der Waals surface area contributed by atoms with Crippen molar-refractivity contribution < 1.29 is 8.42 Å². The number of hydrogen-bond acceptors (Lipinski definition) is 4. The van der Waals surface area contributed by atoms with Gasteiger partial charge >= 0.3 is 0 Å². The first-order chi connectivity index (χ1) is 9.21. The molecule has 0 aliphatic carbocycles. The van der Waals surface area contributed by atoms with E-state index in [0.29, 0.717) is 30.6 Å². The molecular weight excluding hydrogens is 272 g/mol. The minimum Gasteiger partial charge on any atom is -0.329 e. The van der Waals surface area contributed by atoms with Gasteiger partial charge in [0.1, 0.15) is 0 Å². The standard InChI is InChI=1S/C15H32N2O2S/c1-13(2)5-8-17(9-6-14(3)4)15(11-16)7-10-20(18,19)12-15/h13-14H,5-12,16H2,1-4H3. The summed E-state index contributed by atoms with van der Waals surface area (Å²) in [6, 6.07) is 0. The van der Waals surface area contributed by atoms with E-state index in [9.17, 15) is 8.42 Å². The minimum absolute atomic E-state index is 0.243. The van der Waals surface area contributed by atoms with Gasteiger partial charge in [0.25, 0.3) is 0 Å². The Labute approximate surface area is 125 Å². The lowest BCUT2D eigenvalue weighted by molar-refractivity contribution is 0.103. The summed E-state index contributed by atoms with van der Waals surface area (Å²) < 4.78 is 23.8. The quantitative estimate of drug-likeness (QED) is 0.744. The van der Waals surface area contributed by atoms with Crippen LogP contribution in [0.5, 0.6) is 0 Å². The molecule has 0 radical (unpaired) electrons. The summed E-state index contributed by atoms with van der Waals surface area (Å²) in [4.78, 5) is 2.37. The lowest BCUT2D eigenvalue weighted by Gasteiger charge is -2.40. The third-order valence-electron chi connectivity index (χ3n) is 4.37. The van der Waals surface area contributed by atoms with Gasteiger partial charge in [-0.3, -0.25) is 4.90 Å². The molecule has 1 heterocycles. The number of nitrogens with zero attached hydrogens (tertiary/aromatic N) is 1. The van der Waals surface area contributed by atoms with Crippen molar-refractivity contribution in [3.05, 3.63) is 0 Å². The molecule has 1 rings (SSSR count). The number of sulfone groups is 1. The SMILES string of the molecule is CC(C)CCN(CCC(C)C)C1(CN)CCS(=O)(=O)C1. The Bertz CT molecular complexity index is 381. The second-order valence-electron chi connectivity index (χ2n) is 7.12. The lowest BCUT2D eigenvalue weighted by Crippen LogP contribution is -2.55. The van der Waals surface area contributed by atoms with E-state index in [1.54, 1.807) is 0 Å². The Morgan fingerprint density at radius 1 is 1.10 bits per heavy atom. The fraction of sp³-hybridized carbons (Fsp3) is 1.00. The van der Waals surface area contributed by atoms with Crippen LogP contribution >= 0.6 is 0 Å². The van der Waals surface area contributed by atoms with Crippen molar-refractivity contribution in [1.29, 1.82) is 0 Å². The van der Waals surface area contributed by atoms with Crippen LogP contribution in [0.2, 0.25) is 0 Å². The van der Waals surface area contributed by atoms with E-state index >= 15 is 0 Å². The molecule has 1 unspecified atom stereocenters. The van der Waals surface area contributed by atoms with Gasteiger partial charge in [0, 0.05) is 12.1 Å². The molecule has 1 saturated heterocycles. The van der Waals surface area contributed by atoms with Crippen LogP contribution in [-0.4, -0.2) is 50.0 Å². The molecule has 0 amide bonds. The highest BCUT2D eigenvalue weighted by atomic mass is 32.2. The van der Waals surface area contributed by atoms with Crippen molar-refractivity contribution in [1.82, 2.24) is 4.90 Å². The molecular formula is C15H32N2O2S. The van der Waals surface area contributed by atoms with Gasteiger partial charge < -0.3 is 5.73 Å². The molecule has 0 bridgehead atoms. The summed E-state index contributed by atoms with van der Waals surface area (Å²) in [5.74, 6) is 1.80. The van der Waals surface area contributed by atoms with Crippen LogP contribution in [-0.2, 0) is 9.84 Å². The van der Waals surface area contributed by atoms with E-state index in [1.165, 1.54) is 0 Å². The molecule has 20 heavy (non-hydrogen) atoms. The summed E-state index contributed by atoms with van der Waals surface area (Å²) in [5, 5.41) is 0. The topological polar surface area (TPSA) is 63.4 Å². The second-order valence-corrected chi connectivity index (χ2v) is 9.31. The predicted molar refractivity (Wildman–Crippen MR) is 85.5 cm³/mol. The summed E-state index contributed by atoms with van der Waals surface area (Å²) in [5.41, 5.74) is 5.68. The van der Waals surface area contributed by atoms with Crippen molar-refractivity contribution in [2.24, 2.45) is 17.6 Å². The molecule has 120 valence electrons. The molecule has 1 fully saturated rings. The third-order valence-corrected chi connectivity index (χ3v) is 6.17. The van der Waals surface area contributed by atoms with Crippen LogP contribution < -0.4 is 5.73 Å². The van der Waals surface area contributed by atoms with Gasteiger partial charge in [0.05, 0.1) is 11.5 Å². The van der Waals surface area contributed by atoms with Gasteiger partial charge in [-0.1, -0.05) is 27.7 Å². The van der Waals surface area contributed by atoms with Gasteiger partial charge in [0.2, 0.25) is 0 Å². The second kappa shape index (κ2) is 7.23. The fourth-order valence-corrected chi connectivity index (χ4v) is 4.95. The van der Waals surface area contributed by atoms with Gasteiger partial charge in [-0.15, -0.1) is 0 Å². The fourth-order valence-electron chi connectivity index (χ4n) is 2.85. The summed E-state index contributed by atoms with van der Waals surface area (Å²) in [7, 11) is -2.91. The summed E-state index contributed by atoms with van der Waals surface area (Å²) >= 11 is 0. The maximum Gasteiger partial charge on any atom is 0.152 e. The van der Waals surface area contributed by atoms with E-state index in [1.807, 2.05) is 0 Å². The van der Waals surface area contributed by atoms with E-state index in [0.717, 1.165) is 25.9 Å². The first-order valence-electron chi connectivity index (χ1n) is 7.86. The van der Waals surface area contributed by atoms with Gasteiger partial charge in [-0.2, -0.15) is 0 Å². The molecule has 2 N–H and O–H groups in total. The number of hydrogen-bond donors (Lipinski definition) is 1. The van der Waals surface area contributed by atoms with Crippen molar-refractivity contribution in [3.63, 3.8) is 0 Å². The zero-order valence-electron chi connectivity index (χ0n) is 13.6. The molecule has 0 aromatic rings. The normalized spacial score (nSPS) is 26.0. The number of rotatable bonds is 8. The van der Waals surface area contributed by atoms with Crippen molar-refractivity contribution in [3.8, 4) is 0 Å². The highest BCUT2D eigenvalue weighted by Crippen LogP contribution is 2.30. The Morgan fingerprint density at radius 3 is 1.90 bits per heavy atom. The van der Waals surface area contributed by atoms with Crippen LogP contribution in [0.25, 0.3) is 0 Å². The molecule has 0 saturated carbocycles. The molecule has 4 nitrogen and oxygen atoms in total. The van der Waals surface area contributed by atoms with E-state index in [4.69, 9.17) is 5.73 Å². The van der Waals surface area contributed by atoms with Crippen LogP contribution in [0.1, 0.15) is 47.0 Å².